The van der Waals surface area contributed by atoms with Crippen molar-refractivity contribution in [1.82, 2.24) is 4.98 Å². The molecule has 0 amide bonds. The number of hydrogen-bond acceptors (Lipinski definition) is 2. The molecule has 3 nitrogen and oxygen atoms in total. The maximum atomic E-state index is 11.6. The van der Waals surface area contributed by atoms with E-state index in [-0.39, 0.29) is 12.2 Å². The average molecular weight is 222 g/mol. The van der Waals surface area contributed by atoms with Gasteiger partial charge >= 0.3 is 0 Å². The molecule has 0 radical (unpaired) electrons. The van der Waals surface area contributed by atoms with Gasteiger partial charge in [-0.2, -0.15) is 0 Å². The first-order chi connectivity index (χ1) is 7.18. The van der Waals surface area contributed by atoms with E-state index >= 15 is 0 Å². The molecule has 0 aliphatic rings. The Morgan fingerprint density at radius 3 is 2.73 bits per heavy atom. The van der Waals surface area contributed by atoms with Crippen molar-refractivity contribution in [2.45, 2.75) is 6.42 Å². The van der Waals surface area contributed by atoms with E-state index in [1.165, 1.54) is 0 Å². The SMILES string of the molecule is O=C(Cl)CC(=O)c1c[nH]c2ccccc12. The molecular weight excluding hydrogens is 214 g/mol. The highest BCUT2D eigenvalue weighted by Crippen LogP contribution is 2.19. The number of halogens is 1. The Labute approximate surface area is 91.0 Å². The van der Waals surface area contributed by atoms with Gasteiger partial charge in [0.05, 0.1) is 6.42 Å². The van der Waals surface area contributed by atoms with E-state index in [2.05, 4.69) is 4.98 Å². The molecule has 0 aliphatic carbocycles. The minimum atomic E-state index is -0.634. The maximum absolute atomic E-state index is 11.6. The van der Waals surface area contributed by atoms with Crippen LogP contribution in [-0.4, -0.2) is 16.0 Å². The van der Waals surface area contributed by atoms with E-state index in [4.69, 9.17) is 11.6 Å². The highest BCUT2D eigenvalue weighted by molar-refractivity contribution is 6.65. The zero-order chi connectivity index (χ0) is 10.8. The van der Waals surface area contributed by atoms with Crippen molar-refractivity contribution in [2.24, 2.45) is 0 Å². The van der Waals surface area contributed by atoms with Crippen molar-refractivity contribution in [3.63, 3.8) is 0 Å². The van der Waals surface area contributed by atoms with Crippen LogP contribution in [-0.2, 0) is 4.79 Å². The summed E-state index contributed by atoms with van der Waals surface area (Å²) in [5.74, 6) is -0.257. The quantitative estimate of drug-likeness (QED) is 0.492. The van der Waals surface area contributed by atoms with Crippen molar-refractivity contribution in [3.05, 3.63) is 36.0 Å². The Morgan fingerprint density at radius 1 is 1.27 bits per heavy atom. The van der Waals surface area contributed by atoms with E-state index < -0.39 is 5.24 Å². The number of carbonyl (C=O) groups excluding carboxylic acids is 2. The number of H-pyrrole nitrogens is 1. The van der Waals surface area contributed by atoms with E-state index in [0.717, 1.165) is 10.9 Å². The Bertz CT molecular complexity index is 530. The summed E-state index contributed by atoms with van der Waals surface area (Å²) in [6, 6.07) is 7.42. The standard InChI is InChI=1S/C11H8ClNO2/c12-11(15)5-10(14)8-6-13-9-4-2-1-3-7(8)9/h1-4,6,13H,5H2. The van der Waals surface area contributed by atoms with Gasteiger partial charge in [0.2, 0.25) is 5.24 Å². The molecule has 0 atom stereocenters. The van der Waals surface area contributed by atoms with Crippen LogP contribution in [0.3, 0.4) is 0 Å². The topological polar surface area (TPSA) is 49.9 Å². The number of hydrogen-bond donors (Lipinski definition) is 1. The monoisotopic (exact) mass is 221 g/mol. The van der Waals surface area contributed by atoms with Crippen LogP contribution >= 0.6 is 11.6 Å². The number of carbonyl (C=O) groups is 2. The van der Waals surface area contributed by atoms with Gasteiger partial charge in [-0.25, -0.2) is 0 Å². The average Bonchev–Trinajstić information content (AvgIpc) is 2.59. The second-order valence-corrected chi connectivity index (χ2v) is 3.62. The molecule has 0 saturated heterocycles. The summed E-state index contributed by atoms with van der Waals surface area (Å²) in [6.45, 7) is 0. The number of Topliss-reactive ketones (excluding diaryl/α,β-unsaturated/α-hetero) is 1. The maximum Gasteiger partial charge on any atom is 0.229 e. The summed E-state index contributed by atoms with van der Waals surface area (Å²) in [6.07, 6.45) is 1.34. The fourth-order valence-electron chi connectivity index (χ4n) is 1.52. The molecule has 2 aromatic rings. The second-order valence-electron chi connectivity index (χ2n) is 3.20. The Balaban J connectivity index is 2.44. The third kappa shape index (κ3) is 1.92. The van der Waals surface area contributed by atoms with E-state index in [9.17, 15) is 9.59 Å². The summed E-state index contributed by atoms with van der Waals surface area (Å²) in [5.41, 5.74) is 1.39. The molecule has 4 heteroatoms. The normalized spacial score (nSPS) is 10.5. The van der Waals surface area contributed by atoms with Crippen LogP contribution < -0.4 is 0 Å². The Morgan fingerprint density at radius 2 is 2.00 bits per heavy atom. The van der Waals surface area contributed by atoms with Crippen molar-refractivity contribution < 1.29 is 9.59 Å². The Kier molecular flexibility index (Phi) is 2.56. The van der Waals surface area contributed by atoms with E-state index in [1.807, 2.05) is 24.3 Å². The molecule has 0 fully saturated rings. The van der Waals surface area contributed by atoms with Crippen LogP contribution in [0.25, 0.3) is 10.9 Å². The molecule has 0 bridgehead atoms. The molecule has 0 saturated carbocycles. The smallest absolute Gasteiger partial charge is 0.229 e. The van der Waals surface area contributed by atoms with Gasteiger partial charge in [0, 0.05) is 22.7 Å². The minimum Gasteiger partial charge on any atom is -0.360 e. The number of rotatable bonds is 3. The molecular formula is C11H8ClNO2. The van der Waals surface area contributed by atoms with Crippen molar-refractivity contribution in [2.75, 3.05) is 0 Å². The lowest BCUT2D eigenvalue weighted by molar-refractivity contribution is -0.110. The molecule has 1 aromatic heterocycles. The summed E-state index contributed by atoms with van der Waals surface area (Å²) in [5, 5.41) is 0.186. The predicted octanol–water partition coefficient (Wildman–Crippen LogP) is 2.51. The first-order valence-corrected chi connectivity index (χ1v) is 4.84. The van der Waals surface area contributed by atoms with Gasteiger partial charge in [-0.05, 0) is 17.7 Å². The zero-order valence-corrected chi connectivity index (χ0v) is 8.54. The van der Waals surface area contributed by atoms with Crippen LogP contribution in [0.5, 0.6) is 0 Å². The number of benzene rings is 1. The van der Waals surface area contributed by atoms with Crippen LogP contribution in [0.15, 0.2) is 30.5 Å². The minimum absolute atomic E-state index is 0.257. The van der Waals surface area contributed by atoms with E-state index in [0.29, 0.717) is 5.56 Å². The molecule has 76 valence electrons. The fraction of sp³-hybridized carbons (Fsp3) is 0.0909. The van der Waals surface area contributed by atoms with Crippen LogP contribution in [0, 0.1) is 0 Å². The molecule has 1 heterocycles. The third-order valence-electron chi connectivity index (χ3n) is 2.19. The molecule has 0 spiro atoms. The molecule has 1 N–H and O–H groups in total. The molecule has 2 rings (SSSR count). The number of ketones is 1. The van der Waals surface area contributed by atoms with Crippen molar-refractivity contribution >= 4 is 33.5 Å². The highest BCUT2D eigenvalue weighted by atomic mass is 35.5. The second kappa shape index (κ2) is 3.87. The van der Waals surface area contributed by atoms with Crippen LogP contribution in [0.2, 0.25) is 0 Å². The predicted molar refractivity (Wildman–Crippen MR) is 58.1 cm³/mol. The Hall–Kier alpha value is -1.61. The van der Waals surface area contributed by atoms with Gasteiger partial charge in [-0.1, -0.05) is 18.2 Å². The lowest BCUT2D eigenvalue weighted by Gasteiger charge is -1.94. The van der Waals surface area contributed by atoms with Crippen molar-refractivity contribution in [1.29, 1.82) is 0 Å². The first-order valence-electron chi connectivity index (χ1n) is 4.46. The third-order valence-corrected chi connectivity index (χ3v) is 2.32. The summed E-state index contributed by atoms with van der Waals surface area (Å²) >= 11 is 5.17. The summed E-state index contributed by atoms with van der Waals surface area (Å²) in [7, 11) is 0. The highest BCUT2D eigenvalue weighted by Gasteiger charge is 2.13. The van der Waals surface area contributed by atoms with Gasteiger partial charge in [0.1, 0.15) is 0 Å². The molecule has 0 aliphatic heterocycles. The van der Waals surface area contributed by atoms with Gasteiger partial charge in [0.25, 0.3) is 0 Å². The van der Waals surface area contributed by atoms with Crippen LogP contribution in [0.1, 0.15) is 16.8 Å². The molecule has 15 heavy (non-hydrogen) atoms. The van der Waals surface area contributed by atoms with Gasteiger partial charge in [0.15, 0.2) is 5.78 Å². The van der Waals surface area contributed by atoms with Gasteiger partial charge in [-0.15, -0.1) is 0 Å². The summed E-state index contributed by atoms with van der Waals surface area (Å²) in [4.78, 5) is 25.2. The fourth-order valence-corrected chi connectivity index (χ4v) is 1.65. The summed E-state index contributed by atoms with van der Waals surface area (Å²) < 4.78 is 0. The molecule has 0 unspecified atom stereocenters. The lowest BCUT2D eigenvalue weighted by Crippen LogP contribution is -2.02. The first kappa shape index (κ1) is 9.93. The zero-order valence-electron chi connectivity index (χ0n) is 7.79. The largest absolute Gasteiger partial charge is 0.360 e. The van der Waals surface area contributed by atoms with Gasteiger partial charge < -0.3 is 4.98 Å². The lowest BCUT2D eigenvalue weighted by atomic mass is 10.1. The van der Waals surface area contributed by atoms with Crippen LogP contribution in [0.4, 0.5) is 0 Å². The number of para-hydroxylation sites is 1. The van der Waals surface area contributed by atoms with Crippen molar-refractivity contribution in [3.8, 4) is 0 Å². The number of aromatic amines is 1. The molecule has 1 aromatic carbocycles. The van der Waals surface area contributed by atoms with E-state index in [1.54, 1.807) is 6.20 Å². The number of aromatic nitrogens is 1. The number of fused-ring (bicyclic) bond motifs is 1. The number of nitrogens with one attached hydrogen (secondary N) is 1. The van der Waals surface area contributed by atoms with Gasteiger partial charge in [-0.3, -0.25) is 9.59 Å².